The number of para-hydroxylation sites is 1. The van der Waals surface area contributed by atoms with E-state index in [1.165, 1.54) is 54.5 Å². The van der Waals surface area contributed by atoms with Crippen LogP contribution < -0.4 is 0 Å². The lowest BCUT2D eigenvalue weighted by molar-refractivity contribution is 0.669. The summed E-state index contributed by atoms with van der Waals surface area (Å²) in [6.45, 7) is 0. The maximum atomic E-state index is 6.21. The van der Waals surface area contributed by atoms with Crippen LogP contribution in [-0.4, -0.2) is 4.57 Å². The Balaban J connectivity index is 1.37. The van der Waals surface area contributed by atoms with E-state index in [2.05, 4.69) is 132 Å². The molecule has 7 aromatic carbocycles. The van der Waals surface area contributed by atoms with Gasteiger partial charge in [0.25, 0.3) is 0 Å². The Kier molecular flexibility index (Phi) is 4.36. The fourth-order valence-corrected chi connectivity index (χ4v) is 6.49. The molecule has 2 heterocycles. The summed E-state index contributed by atoms with van der Waals surface area (Å²) in [5.41, 5.74) is 7.77. The number of nitrogens with zero attached hydrogens (tertiary/aromatic N) is 1. The molecule has 0 bridgehead atoms. The van der Waals surface area contributed by atoms with Gasteiger partial charge in [0, 0.05) is 27.2 Å². The molecule has 0 atom stereocenters. The van der Waals surface area contributed by atoms with Crippen LogP contribution in [0.5, 0.6) is 0 Å². The van der Waals surface area contributed by atoms with Gasteiger partial charge in [-0.15, -0.1) is 0 Å². The molecular weight excluding hydrogens is 486 g/mol. The highest BCUT2D eigenvalue weighted by Crippen LogP contribution is 2.40. The molecule has 0 aliphatic rings. The van der Waals surface area contributed by atoms with Crippen LogP contribution in [0, 0.1) is 0 Å². The number of aromatic nitrogens is 1. The molecule has 0 radical (unpaired) electrons. The SMILES string of the molecule is c1cc(-c2cccc3oc4ccccc4c23)cc(-n2c3cc4ccccc4cc3c3cc4ccccc4cc32)c1. The van der Waals surface area contributed by atoms with Crippen LogP contribution in [0.4, 0.5) is 0 Å². The Bertz CT molecular complexity index is 2350. The van der Waals surface area contributed by atoms with E-state index in [4.69, 9.17) is 4.42 Å². The highest BCUT2D eigenvalue weighted by atomic mass is 16.3. The van der Waals surface area contributed by atoms with E-state index >= 15 is 0 Å². The second-order valence-electron chi connectivity index (χ2n) is 10.6. The summed E-state index contributed by atoms with van der Waals surface area (Å²) in [4.78, 5) is 0. The highest BCUT2D eigenvalue weighted by Gasteiger charge is 2.17. The normalized spacial score (nSPS) is 12.0. The molecule has 9 rings (SSSR count). The molecule has 2 nitrogen and oxygen atoms in total. The van der Waals surface area contributed by atoms with Gasteiger partial charge < -0.3 is 8.98 Å². The molecule has 40 heavy (non-hydrogen) atoms. The number of hydrogen-bond acceptors (Lipinski definition) is 1. The van der Waals surface area contributed by atoms with Gasteiger partial charge in [0.1, 0.15) is 11.2 Å². The van der Waals surface area contributed by atoms with E-state index in [9.17, 15) is 0 Å². The second kappa shape index (κ2) is 8.08. The fraction of sp³-hybridized carbons (Fsp3) is 0. The first-order valence-electron chi connectivity index (χ1n) is 13.7. The largest absolute Gasteiger partial charge is 0.456 e. The summed E-state index contributed by atoms with van der Waals surface area (Å²) in [6, 6.07) is 50.2. The first kappa shape index (κ1) is 21.6. The number of rotatable bonds is 2. The molecule has 0 N–H and O–H groups in total. The van der Waals surface area contributed by atoms with Crippen molar-refractivity contribution in [3.8, 4) is 16.8 Å². The van der Waals surface area contributed by atoms with Gasteiger partial charge >= 0.3 is 0 Å². The first-order valence-corrected chi connectivity index (χ1v) is 13.7. The van der Waals surface area contributed by atoms with Gasteiger partial charge in [0.05, 0.1) is 11.0 Å². The van der Waals surface area contributed by atoms with Gasteiger partial charge in [-0.25, -0.2) is 0 Å². The summed E-state index contributed by atoms with van der Waals surface area (Å²) in [5.74, 6) is 0. The van der Waals surface area contributed by atoms with Crippen LogP contribution in [0.15, 0.2) is 144 Å². The minimum atomic E-state index is 0.916. The van der Waals surface area contributed by atoms with Crippen molar-refractivity contribution in [3.63, 3.8) is 0 Å². The molecule has 0 aliphatic carbocycles. The van der Waals surface area contributed by atoms with Crippen molar-refractivity contribution < 1.29 is 4.42 Å². The van der Waals surface area contributed by atoms with Crippen molar-refractivity contribution in [3.05, 3.63) is 140 Å². The minimum absolute atomic E-state index is 0.916. The lowest BCUT2D eigenvalue weighted by atomic mass is 9.99. The van der Waals surface area contributed by atoms with Crippen LogP contribution >= 0.6 is 0 Å². The summed E-state index contributed by atoms with van der Waals surface area (Å²) in [6.07, 6.45) is 0. The van der Waals surface area contributed by atoms with Crippen molar-refractivity contribution in [2.75, 3.05) is 0 Å². The molecule has 0 fully saturated rings. The third-order valence-corrected chi connectivity index (χ3v) is 8.32. The average molecular weight is 510 g/mol. The lowest BCUT2D eigenvalue weighted by Crippen LogP contribution is -1.94. The summed E-state index contributed by atoms with van der Waals surface area (Å²) in [7, 11) is 0. The Labute approximate surface area is 230 Å². The number of furan rings is 1. The Hall–Kier alpha value is -5.34. The second-order valence-corrected chi connectivity index (χ2v) is 10.6. The predicted molar refractivity (Wildman–Crippen MR) is 169 cm³/mol. The number of benzene rings is 7. The third-order valence-electron chi connectivity index (χ3n) is 8.32. The molecule has 0 saturated carbocycles. The van der Waals surface area contributed by atoms with Crippen molar-refractivity contribution in [1.82, 2.24) is 4.57 Å². The standard InChI is InChI=1S/C38H23NO/c1-3-11-26-22-34-32(20-24(26)9-1)33-21-25-10-2-4-12-27(25)23-35(33)39(34)29-14-7-13-28(19-29)30-16-8-18-37-38(30)31-15-5-6-17-36(31)40-37/h1-23H. The molecule has 9 aromatic rings. The molecule has 2 aromatic heterocycles. The van der Waals surface area contributed by atoms with Crippen molar-refractivity contribution in [2.24, 2.45) is 0 Å². The fourth-order valence-electron chi connectivity index (χ4n) is 6.49. The van der Waals surface area contributed by atoms with E-state index < -0.39 is 0 Å². The maximum absolute atomic E-state index is 6.21. The van der Waals surface area contributed by atoms with Gasteiger partial charge in [0.2, 0.25) is 0 Å². The minimum Gasteiger partial charge on any atom is -0.456 e. The lowest BCUT2D eigenvalue weighted by Gasteiger charge is -2.12. The van der Waals surface area contributed by atoms with Gasteiger partial charge in [-0.2, -0.15) is 0 Å². The molecule has 0 amide bonds. The molecule has 0 saturated heterocycles. The van der Waals surface area contributed by atoms with E-state index in [0.29, 0.717) is 0 Å². The van der Waals surface area contributed by atoms with E-state index in [1.807, 2.05) is 12.1 Å². The van der Waals surface area contributed by atoms with E-state index in [-0.39, 0.29) is 0 Å². The zero-order valence-corrected chi connectivity index (χ0v) is 21.6. The van der Waals surface area contributed by atoms with Gasteiger partial charge in [0.15, 0.2) is 0 Å². The van der Waals surface area contributed by atoms with Crippen LogP contribution in [0.2, 0.25) is 0 Å². The molecule has 2 heteroatoms. The van der Waals surface area contributed by atoms with Crippen LogP contribution in [0.1, 0.15) is 0 Å². The maximum Gasteiger partial charge on any atom is 0.136 e. The Morgan fingerprint density at radius 3 is 1.70 bits per heavy atom. The summed E-state index contributed by atoms with van der Waals surface area (Å²) >= 11 is 0. The first-order chi connectivity index (χ1) is 19.8. The topological polar surface area (TPSA) is 18.1 Å². The molecule has 0 aliphatic heterocycles. The average Bonchev–Trinajstić information content (AvgIpc) is 3.54. The van der Waals surface area contributed by atoms with Crippen LogP contribution in [0.25, 0.3) is 82.1 Å². The monoisotopic (exact) mass is 509 g/mol. The Morgan fingerprint density at radius 1 is 0.425 bits per heavy atom. The predicted octanol–water partition coefficient (Wildman–Crippen LogP) is 10.7. The zero-order chi connectivity index (χ0) is 26.2. The summed E-state index contributed by atoms with van der Waals surface area (Å²) < 4.78 is 8.64. The number of hydrogen-bond donors (Lipinski definition) is 0. The smallest absolute Gasteiger partial charge is 0.136 e. The quantitative estimate of drug-likeness (QED) is 0.227. The molecular formula is C38H23NO. The van der Waals surface area contributed by atoms with Crippen LogP contribution in [-0.2, 0) is 0 Å². The molecule has 186 valence electrons. The molecule has 0 spiro atoms. The highest BCUT2D eigenvalue weighted by molar-refractivity contribution is 6.17. The van der Waals surface area contributed by atoms with Crippen LogP contribution in [0.3, 0.4) is 0 Å². The third kappa shape index (κ3) is 3.05. The van der Waals surface area contributed by atoms with Crippen molar-refractivity contribution in [1.29, 1.82) is 0 Å². The van der Waals surface area contributed by atoms with Gasteiger partial charge in [-0.1, -0.05) is 91.0 Å². The summed E-state index contributed by atoms with van der Waals surface area (Å²) in [5, 5.41) is 9.86. The molecule has 0 unspecified atom stereocenters. The van der Waals surface area contributed by atoms with Crippen molar-refractivity contribution >= 4 is 65.3 Å². The van der Waals surface area contributed by atoms with Gasteiger partial charge in [-0.3, -0.25) is 0 Å². The van der Waals surface area contributed by atoms with Gasteiger partial charge in [-0.05, 0) is 81.2 Å². The van der Waals surface area contributed by atoms with Crippen molar-refractivity contribution in [2.45, 2.75) is 0 Å². The van der Waals surface area contributed by atoms with E-state index in [1.54, 1.807) is 0 Å². The Morgan fingerprint density at radius 2 is 1.00 bits per heavy atom. The number of fused-ring (bicyclic) bond motifs is 8. The van der Waals surface area contributed by atoms with E-state index in [0.717, 1.165) is 27.6 Å². The zero-order valence-electron chi connectivity index (χ0n) is 21.6.